The molecule has 3 atom stereocenters. The van der Waals surface area contributed by atoms with E-state index in [1.807, 2.05) is 19.9 Å². The summed E-state index contributed by atoms with van der Waals surface area (Å²) in [5, 5.41) is 12.6. The minimum Gasteiger partial charge on any atom is -0.373 e. The second-order valence-electron chi connectivity index (χ2n) is 5.28. The van der Waals surface area contributed by atoms with E-state index in [1.54, 1.807) is 0 Å². The summed E-state index contributed by atoms with van der Waals surface area (Å²) in [6, 6.07) is 4.50. The molecule has 18 heavy (non-hydrogen) atoms. The highest BCUT2D eigenvalue weighted by atomic mass is 16.5. The first kappa shape index (κ1) is 11.5. The van der Waals surface area contributed by atoms with Gasteiger partial charge in [-0.1, -0.05) is 0 Å². The normalized spacial score (nSPS) is 29.3. The first-order valence-corrected chi connectivity index (χ1v) is 6.47. The van der Waals surface area contributed by atoms with E-state index in [4.69, 9.17) is 4.74 Å². The van der Waals surface area contributed by atoms with E-state index in [2.05, 4.69) is 16.4 Å². The van der Waals surface area contributed by atoms with E-state index >= 15 is 0 Å². The van der Waals surface area contributed by atoms with Gasteiger partial charge in [0.05, 0.1) is 23.8 Å². The Morgan fingerprint density at radius 2 is 2.28 bits per heavy atom. The third-order valence-corrected chi connectivity index (χ3v) is 3.88. The summed E-state index contributed by atoms with van der Waals surface area (Å²) in [4.78, 5) is 4.46. The first-order valence-electron chi connectivity index (χ1n) is 6.47. The van der Waals surface area contributed by atoms with Crippen molar-refractivity contribution in [3.63, 3.8) is 0 Å². The summed E-state index contributed by atoms with van der Waals surface area (Å²) in [6.45, 7) is 3.91. The van der Waals surface area contributed by atoms with Crippen molar-refractivity contribution in [3.05, 3.63) is 22.9 Å². The molecular weight excluding hydrogens is 226 g/mol. The molecule has 0 spiro atoms. The van der Waals surface area contributed by atoms with Gasteiger partial charge in [0.25, 0.3) is 0 Å². The highest BCUT2D eigenvalue weighted by Crippen LogP contribution is 2.36. The van der Waals surface area contributed by atoms with Gasteiger partial charge in [0.1, 0.15) is 11.9 Å². The second-order valence-corrected chi connectivity index (χ2v) is 5.28. The lowest BCUT2D eigenvalue weighted by Gasteiger charge is -2.21. The van der Waals surface area contributed by atoms with Crippen LogP contribution in [0.1, 0.15) is 36.1 Å². The van der Waals surface area contributed by atoms with Crippen LogP contribution in [0, 0.1) is 25.2 Å². The van der Waals surface area contributed by atoms with Crippen LogP contribution in [0.3, 0.4) is 0 Å². The Balaban J connectivity index is 1.86. The van der Waals surface area contributed by atoms with Crippen molar-refractivity contribution in [2.45, 2.75) is 51.4 Å². The lowest BCUT2D eigenvalue weighted by atomic mass is 9.95. The number of aryl methyl sites for hydroxylation is 2. The third kappa shape index (κ3) is 1.85. The molecule has 2 aliphatic rings. The van der Waals surface area contributed by atoms with Gasteiger partial charge in [-0.3, -0.25) is 0 Å². The number of pyridine rings is 1. The van der Waals surface area contributed by atoms with E-state index in [0.717, 1.165) is 29.9 Å². The fraction of sp³-hybridized carbons (Fsp3) is 0.571. The molecule has 2 saturated heterocycles. The van der Waals surface area contributed by atoms with Gasteiger partial charge >= 0.3 is 0 Å². The number of fused-ring (bicyclic) bond motifs is 2. The summed E-state index contributed by atoms with van der Waals surface area (Å²) in [5.74, 6) is 0.719. The first-order chi connectivity index (χ1) is 8.67. The van der Waals surface area contributed by atoms with Crippen LogP contribution in [0.25, 0.3) is 0 Å². The van der Waals surface area contributed by atoms with Gasteiger partial charge in [0.15, 0.2) is 0 Å². The molecule has 1 N–H and O–H groups in total. The van der Waals surface area contributed by atoms with E-state index in [1.165, 1.54) is 6.42 Å². The van der Waals surface area contributed by atoms with Crippen LogP contribution in [0.4, 0.5) is 5.82 Å². The Morgan fingerprint density at radius 3 is 2.89 bits per heavy atom. The maximum Gasteiger partial charge on any atom is 0.144 e. The summed E-state index contributed by atoms with van der Waals surface area (Å²) in [6.07, 6.45) is 4.03. The topological polar surface area (TPSA) is 57.9 Å². The van der Waals surface area contributed by atoms with Crippen molar-refractivity contribution in [2.75, 3.05) is 5.32 Å². The van der Waals surface area contributed by atoms with Gasteiger partial charge in [-0.15, -0.1) is 0 Å². The van der Waals surface area contributed by atoms with Crippen molar-refractivity contribution in [2.24, 2.45) is 0 Å². The lowest BCUT2D eigenvalue weighted by Crippen LogP contribution is -2.31. The molecule has 0 amide bonds. The Morgan fingerprint density at radius 1 is 1.44 bits per heavy atom. The number of nitrogens with zero attached hydrogens (tertiary/aromatic N) is 2. The van der Waals surface area contributed by atoms with Crippen LogP contribution in [0.2, 0.25) is 0 Å². The van der Waals surface area contributed by atoms with E-state index in [-0.39, 0.29) is 0 Å². The molecular formula is C14H17N3O. The molecule has 94 valence electrons. The highest BCUT2D eigenvalue weighted by Gasteiger charge is 2.41. The predicted octanol–water partition coefficient (Wildman–Crippen LogP) is 2.30. The molecule has 3 rings (SSSR count). The van der Waals surface area contributed by atoms with Crippen molar-refractivity contribution < 1.29 is 4.74 Å². The number of rotatable bonds is 2. The van der Waals surface area contributed by atoms with Crippen LogP contribution < -0.4 is 5.32 Å². The largest absolute Gasteiger partial charge is 0.373 e. The Bertz CT molecular complexity index is 521. The van der Waals surface area contributed by atoms with Crippen LogP contribution in [-0.4, -0.2) is 23.2 Å². The van der Waals surface area contributed by atoms with Gasteiger partial charge in [0.2, 0.25) is 0 Å². The second kappa shape index (κ2) is 4.25. The van der Waals surface area contributed by atoms with Gasteiger partial charge in [0, 0.05) is 5.69 Å². The van der Waals surface area contributed by atoms with Gasteiger partial charge in [-0.05, 0) is 44.7 Å². The quantitative estimate of drug-likeness (QED) is 0.866. The van der Waals surface area contributed by atoms with E-state index in [0.29, 0.717) is 23.8 Å². The number of hydrogen-bond acceptors (Lipinski definition) is 4. The zero-order chi connectivity index (χ0) is 12.7. The average Bonchev–Trinajstić information content (AvgIpc) is 2.90. The Hall–Kier alpha value is -1.60. The fourth-order valence-electron chi connectivity index (χ4n) is 3.05. The molecule has 0 unspecified atom stereocenters. The minimum atomic E-state index is 0.296. The van der Waals surface area contributed by atoms with Crippen LogP contribution in [0.15, 0.2) is 6.07 Å². The molecule has 2 bridgehead atoms. The molecule has 2 fully saturated rings. The Labute approximate surface area is 107 Å². The molecule has 0 aliphatic carbocycles. The average molecular weight is 243 g/mol. The minimum absolute atomic E-state index is 0.296. The van der Waals surface area contributed by atoms with E-state index < -0.39 is 0 Å². The summed E-state index contributed by atoms with van der Waals surface area (Å²) >= 11 is 0. The summed E-state index contributed by atoms with van der Waals surface area (Å²) < 4.78 is 5.82. The standard InChI is InChI=1S/C14H17N3O/c1-8-5-9(2)16-14(11(8)7-15)17-12-6-10-3-4-13(12)18-10/h5,10,12-13H,3-4,6H2,1-2H3,(H,16,17)/t10-,12-,13-/m0/s1. The summed E-state index contributed by atoms with van der Waals surface area (Å²) in [7, 11) is 0. The van der Waals surface area contributed by atoms with Gasteiger partial charge < -0.3 is 10.1 Å². The Kier molecular flexibility index (Phi) is 2.71. The molecule has 1 aromatic rings. The predicted molar refractivity (Wildman–Crippen MR) is 68.3 cm³/mol. The van der Waals surface area contributed by atoms with Gasteiger partial charge in [-0.2, -0.15) is 5.26 Å². The molecule has 4 nitrogen and oxygen atoms in total. The maximum atomic E-state index is 9.23. The number of ether oxygens (including phenoxy) is 1. The van der Waals surface area contributed by atoms with Crippen LogP contribution in [0.5, 0.6) is 0 Å². The smallest absolute Gasteiger partial charge is 0.144 e. The molecule has 0 saturated carbocycles. The highest BCUT2D eigenvalue weighted by molar-refractivity contribution is 5.57. The number of nitriles is 1. The van der Waals surface area contributed by atoms with Crippen LogP contribution >= 0.6 is 0 Å². The molecule has 2 aliphatic heterocycles. The van der Waals surface area contributed by atoms with Crippen molar-refractivity contribution >= 4 is 5.82 Å². The number of aromatic nitrogens is 1. The number of hydrogen-bond donors (Lipinski definition) is 1. The fourth-order valence-corrected chi connectivity index (χ4v) is 3.05. The molecule has 1 aromatic heterocycles. The zero-order valence-corrected chi connectivity index (χ0v) is 10.7. The summed E-state index contributed by atoms with van der Waals surface area (Å²) in [5.41, 5.74) is 2.58. The maximum absolute atomic E-state index is 9.23. The monoisotopic (exact) mass is 243 g/mol. The lowest BCUT2D eigenvalue weighted by molar-refractivity contribution is 0.102. The molecule has 4 heteroatoms. The van der Waals surface area contributed by atoms with E-state index in [9.17, 15) is 5.26 Å². The zero-order valence-electron chi connectivity index (χ0n) is 10.7. The van der Waals surface area contributed by atoms with Crippen molar-refractivity contribution in [1.82, 2.24) is 4.98 Å². The van der Waals surface area contributed by atoms with Crippen molar-refractivity contribution in [3.8, 4) is 6.07 Å². The molecule has 0 aromatic carbocycles. The van der Waals surface area contributed by atoms with Gasteiger partial charge in [-0.25, -0.2) is 4.98 Å². The van der Waals surface area contributed by atoms with Crippen molar-refractivity contribution in [1.29, 1.82) is 5.26 Å². The third-order valence-electron chi connectivity index (χ3n) is 3.88. The SMILES string of the molecule is Cc1cc(C)c(C#N)c(N[C@H]2C[C@@H]3CC[C@@H]2O3)n1. The van der Waals surface area contributed by atoms with Crippen LogP contribution in [-0.2, 0) is 4.74 Å². The number of nitrogens with one attached hydrogen (secondary N) is 1. The molecule has 0 radical (unpaired) electrons. The molecule has 3 heterocycles. The number of anilines is 1.